The molecule has 4 rings (SSSR count). The summed E-state index contributed by atoms with van der Waals surface area (Å²) in [6, 6.07) is 6.70. The molecule has 0 aliphatic carbocycles. The van der Waals surface area contributed by atoms with Gasteiger partial charge in [-0.2, -0.15) is 0 Å². The summed E-state index contributed by atoms with van der Waals surface area (Å²) in [4.78, 5) is 42.2. The number of nitro groups is 1. The highest BCUT2D eigenvalue weighted by Crippen LogP contribution is 2.35. The second kappa shape index (κ2) is 10.6. The largest absolute Gasteiger partial charge is 0.506 e. The van der Waals surface area contributed by atoms with E-state index >= 15 is 0 Å². The number of non-ortho nitro benzene ring substituents is 1. The number of methoxy groups -OCH3 is 1. The van der Waals surface area contributed by atoms with Gasteiger partial charge in [-0.15, -0.1) is 0 Å². The van der Waals surface area contributed by atoms with Crippen molar-refractivity contribution in [1.29, 1.82) is 0 Å². The smallest absolute Gasteiger partial charge is 0.338 e. The number of nitrogens with zero attached hydrogens (tertiary/aromatic N) is 3. The number of phenolic OH excluding ortho intramolecular Hbond substituents is 1. The molecule has 3 aromatic rings. The van der Waals surface area contributed by atoms with E-state index in [0.29, 0.717) is 26.3 Å². The summed E-state index contributed by atoms with van der Waals surface area (Å²) in [5.74, 6) is -0.285. The molecule has 2 aromatic carbocycles. The SMILES string of the molecule is CCOC(=O)C1=C(C)N=c2s/c(=C/c3cc([N+](=O)[O-])cc(Br)c3O)c(=O)n2[C@H]1c1ccc(OC)c(Br)c1. The van der Waals surface area contributed by atoms with Crippen molar-refractivity contribution in [1.82, 2.24) is 4.57 Å². The Morgan fingerprint density at radius 2 is 2.03 bits per heavy atom. The summed E-state index contributed by atoms with van der Waals surface area (Å²) < 4.78 is 12.9. The molecule has 1 N–H and O–H groups in total. The molecule has 37 heavy (non-hydrogen) atoms. The third-order valence-electron chi connectivity index (χ3n) is 5.58. The number of ether oxygens (including phenoxy) is 2. The van der Waals surface area contributed by atoms with Crippen molar-refractivity contribution in [2.75, 3.05) is 13.7 Å². The molecule has 0 bridgehead atoms. The van der Waals surface area contributed by atoms with Crippen molar-refractivity contribution in [2.24, 2.45) is 4.99 Å². The van der Waals surface area contributed by atoms with E-state index in [-0.39, 0.29) is 38.2 Å². The first kappa shape index (κ1) is 26.8. The van der Waals surface area contributed by atoms with Gasteiger partial charge in [-0.1, -0.05) is 17.4 Å². The molecule has 0 radical (unpaired) electrons. The Bertz CT molecular complexity index is 1660. The van der Waals surface area contributed by atoms with Crippen LogP contribution in [0.2, 0.25) is 0 Å². The number of aromatic hydroxyl groups is 1. The highest BCUT2D eigenvalue weighted by atomic mass is 79.9. The van der Waals surface area contributed by atoms with Gasteiger partial charge in [-0.3, -0.25) is 19.5 Å². The Kier molecular flexibility index (Phi) is 7.67. The number of nitro benzene ring substituents is 1. The van der Waals surface area contributed by atoms with E-state index in [1.807, 2.05) is 0 Å². The normalized spacial score (nSPS) is 15.3. The van der Waals surface area contributed by atoms with Crippen LogP contribution in [0.5, 0.6) is 11.5 Å². The molecule has 0 spiro atoms. The molecule has 1 aliphatic heterocycles. The number of phenols is 1. The first-order valence-electron chi connectivity index (χ1n) is 10.8. The van der Waals surface area contributed by atoms with Crippen LogP contribution in [0.25, 0.3) is 6.08 Å². The fourth-order valence-corrected chi connectivity index (χ4v) is 5.98. The topological polar surface area (TPSA) is 133 Å². The van der Waals surface area contributed by atoms with E-state index in [9.17, 15) is 24.8 Å². The highest BCUT2D eigenvalue weighted by molar-refractivity contribution is 9.10. The summed E-state index contributed by atoms with van der Waals surface area (Å²) in [5.41, 5.74) is 0.542. The van der Waals surface area contributed by atoms with Gasteiger partial charge >= 0.3 is 5.97 Å². The Balaban J connectivity index is 1.99. The number of thiazole rings is 1. The van der Waals surface area contributed by atoms with E-state index < -0.39 is 22.5 Å². The minimum Gasteiger partial charge on any atom is -0.506 e. The zero-order chi connectivity index (χ0) is 27.0. The lowest BCUT2D eigenvalue weighted by atomic mass is 9.96. The zero-order valence-corrected chi connectivity index (χ0v) is 23.6. The number of aromatic nitrogens is 1. The molecule has 0 unspecified atom stereocenters. The Morgan fingerprint density at radius 3 is 2.65 bits per heavy atom. The lowest BCUT2D eigenvalue weighted by Crippen LogP contribution is -2.40. The molecule has 1 aromatic heterocycles. The number of allylic oxidation sites excluding steroid dienone is 1. The Labute approximate surface area is 230 Å². The van der Waals surface area contributed by atoms with Gasteiger partial charge in [0.25, 0.3) is 11.2 Å². The molecule has 192 valence electrons. The molecule has 0 fully saturated rings. The number of carbonyl (C=O) groups excluding carboxylic acids is 1. The van der Waals surface area contributed by atoms with Gasteiger partial charge in [0.05, 0.1) is 49.4 Å². The second-order valence-corrected chi connectivity index (χ2v) is 10.5. The average Bonchev–Trinajstić information content (AvgIpc) is 3.15. The first-order valence-corrected chi connectivity index (χ1v) is 13.2. The van der Waals surface area contributed by atoms with Gasteiger partial charge < -0.3 is 14.6 Å². The molecule has 0 saturated heterocycles. The number of rotatable bonds is 6. The minimum absolute atomic E-state index is 0.0800. The van der Waals surface area contributed by atoms with Crippen molar-refractivity contribution in [2.45, 2.75) is 19.9 Å². The van der Waals surface area contributed by atoms with Gasteiger partial charge in [0, 0.05) is 17.7 Å². The average molecular weight is 653 g/mol. The van der Waals surface area contributed by atoms with Crippen molar-refractivity contribution in [3.63, 3.8) is 0 Å². The monoisotopic (exact) mass is 651 g/mol. The molecule has 10 nitrogen and oxygen atoms in total. The number of esters is 1. The quantitative estimate of drug-likeness (QED) is 0.242. The Morgan fingerprint density at radius 1 is 1.30 bits per heavy atom. The van der Waals surface area contributed by atoms with Crippen LogP contribution < -0.4 is 19.6 Å². The highest BCUT2D eigenvalue weighted by Gasteiger charge is 2.33. The maximum atomic E-state index is 13.7. The van der Waals surface area contributed by atoms with Crippen molar-refractivity contribution >= 4 is 60.9 Å². The molecular formula is C24H19Br2N3O7S. The predicted molar refractivity (Wildman–Crippen MR) is 144 cm³/mol. The molecule has 1 atom stereocenters. The van der Waals surface area contributed by atoms with Crippen molar-refractivity contribution in [3.05, 3.63) is 91.5 Å². The molecule has 2 heterocycles. The van der Waals surface area contributed by atoms with Crippen LogP contribution >= 0.6 is 43.2 Å². The molecule has 13 heteroatoms. The standard InChI is InChI=1S/C24H19Br2N3O7S/c1-4-36-23(32)19-11(2)27-24-28(20(19)12-5-6-17(35-3)15(25)8-12)22(31)18(37-24)9-13-7-14(29(33)34)10-16(26)21(13)30/h5-10,20,30H,4H2,1-3H3/b18-9+/t20-/m0/s1. The zero-order valence-electron chi connectivity index (χ0n) is 19.7. The third-order valence-corrected chi connectivity index (χ3v) is 7.79. The predicted octanol–water partition coefficient (Wildman–Crippen LogP) is 3.95. The number of halogens is 2. The van der Waals surface area contributed by atoms with Crippen LogP contribution in [0.4, 0.5) is 5.69 Å². The summed E-state index contributed by atoms with van der Waals surface area (Å²) in [7, 11) is 1.53. The maximum absolute atomic E-state index is 13.7. The summed E-state index contributed by atoms with van der Waals surface area (Å²) in [5, 5.41) is 21.8. The van der Waals surface area contributed by atoms with Gasteiger partial charge in [0.1, 0.15) is 11.5 Å². The van der Waals surface area contributed by atoms with Crippen LogP contribution in [-0.2, 0) is 9.53 Å². The summed E-state index contributed by atoms with van der Waals surface area (Å²) in [6.45, 7) is 3.49. The summed E-state index contributed by atoms with van der Waals surface area (Å²) in [6.07, 6.45) is 1.36. The minimum atomic E-state index is -0.856. The van der Waals surface area contributed by atoms with Gasteiger partial charge in [-0.25, -0.2) is 9.79 Å². The molecular weight excluding hydrogens is 634 g/mol. The van der Waals surface area contributed by atoms with Crippen molar-refractivity contribution < 1.29 is 24.3 Å². The molecule has 1 aliphatic rings. The third kappa shape index (κ3) is 4.98. The lowest BCUT2D eigenvalue weighted by Gasteiger charge is -2.25. The Hall–Kier alpha value is -3.29. The van der Waals surface area contributed by atoms with Crippen molar-refractivity contribution in [3.8, 4) is 11.5 Å². The van der Waals surface area contributed by atoms with E-state index in [1.165, 1.54) is 29.9 Å². The fourth-order valence-electron chi connectivity index (χ4n) is 3.92. The molecule has 0 amide bonds. The second-order valence-electron chi connectivity index (χ2n) is 7.82. The lowest BCUT2D eigenvalue weighted by molar-refractivity contribution is -0.385. The van der Waals surface area contributed by atoms with Gasteiger partial charge in [0.15, 0.2) is 4.80 Å². The molecule has 0 saturated carbocycles. The maximum Gasteiger partial charge on any atom is 0.338 e. The van der Waals surface area contributed by atoms with Crippen LogP contribution in [0.15, 0.2) is 60.3 Å². The van der Waals surface area contributed by atoms with Gasteiger partial charge in [0.2, 0.25) is 0 Å². The number of hydrogen-bond donors (Lipinski definition) is 1. The summed E-state index contributed by atoms with van der Waals surface area (Å²) >= 11 is 7.61. The van der Waals surface area contributed by atoms with E-state index in [1.54, 1.807) is 32.0 Å². The number of hydrogen-bond acceptors (Lipinski definition) is 9. The van der Waals surface area contributed by atoms with Crippen LogP contribution in [0.3, 0.4) is 0 Å². The van der Waals surface area contributed by atoms with E-state index in [2.05, 4.69) is 36.9 Å². The number of benzene rings is 2. The van der Waals surface area contributed by atoms with Crippen LogP contribution in [0.1, 0.15) is 31.0 Å². The van der Waals surface area contributed by atoms with Gasteiger partial charge in [-0.05, 0) is 69.5 Å². The van der Waals surface area contributed by atoms with Crippen LogP contribution in [0, 0.1) is 10.1 Å². The van der Waals surface area contributed by atoms with Crippen LogP contribution in [-0.4, -0.2) is 34.3 Å². The number of fused-ring (bicyclic) bond motifs is 1. The number of carbonyl (C=O) groups is 1. The van der Waals surface area contributed by atoms with E-state index in [4.69, 9.17) is 9.47 Å². The van der Waals surface area contributed by atoms with E-state index in [0.717, 1.165) is 11.3 Å². The first-order chi connectivity index (χ1) is 17.6. The fraction of sp³-hybridized carbons (Fsp3) is 0.208.